The van der Waals surface area contributed by atoms with E-state index in [1.807, 2.05) is 23.5 Å². The van der Waals surface area contributed by atoms with Gasteiger partial charge in [-0.1, -0.05) is 6.07 Å². The number of carbonyl (C=O) groups excluding carboxylic acids is 2. The summed E-state index contributed by atoms with van der Waals surface area (Å²) in [6, 6.07) is 12.1. The van der Waals surface area contributed by atoms with Crippen LogP contribution in [0.25, 0.3) is 23.1 Å². The molecule has 178 valence electrons. The molecule has 2 aromatic heterocycles. The second kappa shape index (κ2) is 9.75. The van der Waals surface area contributed by atoms with E-state index >= 15 is 0 Å². The first-order valence-electron chi connectivity index (χ1n) is 10.2. The Bertz CT molecular complexity index is 1410. The molecule has 2 heterocycles. The number of aromatic nitrogens is 3. The van der Waals surface area contributed by atoms with Crippen molar-refractivity contribution in [3.05, 3.63) is 83.6 Å². The molecule has 7 nitrogen and oxygen atoms in total. The lowest BCUT2D eigenvalue weighted by molar-refractivity contribution is -0.137. The molecular weight excluding hydrogens is 466 g/mol. The van der Waals surface area contributed by atoms with Gasteiger partial charge in [0.2, 0.25) is 11.8 Å². The maximum absolute atomic E-state index is 13.8. The summed E-state index contributed by atoms with van der Waals surface area (Å²) in [7, 11) is 0. The van der Waals surface area contributed by atoms with Crippen molar-refractivity contribution in [2.45, 2.75) is 12.6 Å². The summed E-state index contributed by atoms with van der Waals surface area (Å²) in [6.07, 6.45) is -0.166. The molecule has 0 bridgehead atoms. The smallest absolute Gasteiger partial charge is 0.326 e. The Balaban J connectivity index is 1.39. The summed E-state index contributed by atoms with van der Waals surface area (Å²) in [6.45, 7) is 0. The quantitative estimate of drug-likeness (QED) is 0.258. The van der Waals surface area contributed by atoms with Crippen LogP contribution in [0.2, 0.25) is 0 Å². The van der Waals surface area contributed by atoms with Crippen molar-refractivity contribution in [2.75, 3.05) is 10.6 Å². The van der Waals surface area contributed by atoms with Gasteiger partial charge >= 0.3 is 6.18 Å². The fourth-order valence-electron chi connectivity index (χ4n) is 3.23. The molecule has 0 atom stereocenters. The summed E-state index contributed by atoms with van der Waals surface area (Å²) in [5.74, 6) is -2.75. The van der Waals surface area contributed by atoms with E-state index in [9.17, 15) is 27.2 Å². The lowest BCUT2D eigenvalue weighted by atomic mass is 10.1. The predicted molar refractivity (Wildman–Crippen MR) is 123 cm³/mol. The molecule has 11 heteroatoms. The Morgan fingerprint density at radius 2 is 1.77 bits per heavy atom. The van der Waals surface area contributed by atoms with Gasteiger partial charge in [0.05, 0.1) is 28.2 Å². The van der Waals surface area contributed by atoms with Crippen molar-refractivity contribution in [1.82, 2.24) is 15.2 Å². The third kappa shape index (κ3) is 5.88. The average molecular weight is 483 g/mol. The largest absolute Gasteiger partial charge is 0.416 e. The van der Waals surface area contributed by atoms with Crippen LogP contribution in [0, 0.1) is 5.82 Å². The molecule has 0 aliphatic rings. The number of alkyl halides is 3. The van der Waals surface area contributed by atoms with Crippen LogP contribution in [-0.2, 0) is 15.8 Å². The van der Waals surface area contributed by atoms with Crippen LogP contribution in [0.15, 0.2) is 60.8 Å². The van der Waals surface area contributed by atoms with Gasteiger partial charge in [0.25, 0.3) is 0 Å². The zero-order valence-electron chi connectivity index (χ0n) is 17.9. The monoisotopic (exact) mass is 483 g/mol. The van der Waals surface area contributed by atoms with Crippen LogP contribution < -0.4 is 10.6 Å². The van der Waals surface area contributed by atoms with Gasteiger partial charge in [-0.2, -0.15) is 18.3 Å². The standard InChI is InChI=1S/C24H17F4N5O2/c25-18-8-4-14(24(26,27)28)11-21(18)31-23(35)13-22(34)30-16-5-7-17-19(32-33-20(17)12-16)9-6-15-3-1-2-10-29-15/h1-12H,13H2,(H,30,34)(H,31,35)(H,32,33). The normalized spacial score (nSPS) is 11.7. The number of anilines is 2. The zero-order valence-corrected chi connectivity index (χ0v) is 17.9. The van der Waals surface area contributed by atoms with Gasteiger partial charge in [0.1, 0.15) is 12.2 Å². The first-order chi connectivity index (χ1) is 16.7. The molecule has 0 fully saturated rings. The maximum atomic E-state index is 13.8. The summed E-state index contributed by atoms with van der Waals surface area (Å²) in [5, 5.41) is 12.4. The molecule has 0 saturated carbocycles. The number of H-pyrrole nitrogens is 1. The number of nitrogens with zero attached hydrogens (tertiary/aromatic N) is 2. The molecule has 4 rings (SSSR count). The molecule has 3 N–H and O–H groups in total. The van der Waals surface area contributed by atoms with Crippen molar-refractivity contribution in [2.24, 2.45) is 0 Å². The molecule has 35 heavy (non-hydrogen) atoms. The van der Waals surface area contributed by atoms with Crippen molar-refractivity contribution >= 4 is 46.2 Å². The number of hydrogen-bond donors (Lipinski definition) is 3. The molecule has 4 aromatic rings. The number of fused-ring (bicyclic) bond motifs is 1. The Kier molecular flexibility index (Phi) is 6.58. The molecule has 0 saturated heterocycles. The third-order valence-corrected chi connectivity index (χ3v) is 4.86. The topological polar surface area (TPSA) is 99.8 Å². The number of nitrogens with one attached hydrogen (secondary N) is 3. The van der Waals surface area contributed by atoms with Gasteiger partial charge in [-0.05, 0) is 60.7 Å². The molecule has 2 aromatic carbocycles. The predicted octanol–water partition coefficient (Wildman–Crippen LogP) is 5.25. The second-order valence-corrected chi connectivity index (χ2v) is 7.42. The SMILES string of the molecule is O=C(CC(=O)Nc1cc(C(F)(F)F)ccc1F)Nc1ccc2c(C=Cc3ccccn3)n[nH]c2c1. The summed E-state index contributed by atoms with van der Waals surface area (Å²) in [5.41, 5.74) is 0.619. The Morgan fingerprint density at radius 1 is 0.971 bits per heavy atom. The number of benzene rings is 2. The lowest BCUT2D eigenvalue weighted by Gasteiger charge is -2.11. The van der Waals surface area contributed by atoms with Crippen LogP contribution in [-0.4, -0.2) is 27.0 Å². The van der Waals surface area contributed by atoms with E-state index in [4.69, 9.17) is 0 Å². The molecule has 2 amide bonds. The molecule has 0 aliphatic carbocycles. The van der Waals surface area contributed by atoms with E-state index in [-0.39, 0.29) is 0 Å². The highest BCUT2D eigenvalue weighted by Gasteiger charge is 2.31. The Labute approximate surface area is 195 Å². The number of pyridine rings is 1. The highest BCUT2D eigenvalue weighted by molar-refractivity contribution is 6.08. The first kappa shape index (κ1) is 23.6. The summed E-state index contributed by atoms with van der Waals surface area (Å²) >= 11 is 0. The van der Waals surface area contributed by atoms with E-state index in [1.165, 1.54) is 0 Å². The maximum Gasteiger partial charge on any atom is 0.416 e. The number of hydrogen-bond acceptors (Lipinski definition) is 4. The van der Waals surface area contributed by atoms with Crippen molar-refractivity contribution in [3.63, 3.8) is 0 Å². The van der Waals surface area contributed by atoms with Gasteiger partial charge in [-0.3, -0.25) is 19.7 Å². The lowest BCUT2D eigenvalue weighted by Crippen LogP contribution is -2.22. The summed E-state index contributed by atoms with van der Waals surface area (Å²) in [4.78, 5) is 28.5. The van der Waals surface area contributed by atoms with E-state index in [0.29, 0.717) is 35.1 Å². The first-order valence-corrected chi connectivity index (χ1v) is 10.2. The Hall–Kier alpha value is -4.54. The molecule has 0 radical (unpaired) electrons. The van der Waals surface area contributed by atoms with Crippen molar-refractivity contribution in [3.8, 4) is 0 Å². The van der Waals surface area contributed by atoms with E-state index in [1.54, 1.807) is 36.5 Å². The minimum atomic E-state index is -4.70. The minimum absolute atomic E-state index is 0.365. The number of halogens is 4. The van der Waals surface area contributed by atoms with Gasteiger partial charge in [0, 0.05) is 17.3 Å². The van der Waals surface area contributed by atoms with Gasteiger partial charge in [-0.15, -0.1) is 0 Å². The van der Waals surface area contributed by atoms with Crippen LogP contribution >= 0.6 is 0 Å². The fourth-order valence-corrected chi connectivity index (χ4v) is 3.23. The van der Waals surface area contributed by atoms with E-state index < -0.39 is 41.5 Å². The fraction of sp³-hybridized carbons (Fsp3) is 0.0833. The number of rotatable bonds is 6. The number of amides is 2. The number of carbonyl (C=O) groups is 2. The third-order valence-electron chi connectivity index (χ3n) is 4.86. The highest BCUT2D eigenvalue weighted by Crippen LogP contribution is 2.32. The van der Waals surface area contributed by atoms with Crippen LogP contribution in [0.4, 0.5) is 28.9 Å². The van der Waals surface area contributed by atoms with Crippen molar-refractivity contribution in [1.29, 1.82) is 0 Å². The van der Waals surface area contributed by atoms with Crippen molar-refractivity contribution < 1.29 is 27.2 Å². The van der Waals surface area contributed by atoms with Gasteiger partial charge in [0.15, 0.2) is 0 Å². The molecule has 0 spiro atoms. The number of aromatic amines is 1. The van der Waals surface area contributed by atoms with Crippen LogP contribution in [0.5, 0.6) is 0 Å². The van der Waals surface area contributed by atoms with E-state index in [0.717, 1.165) is 11.1 Å². The summed E-state index contributed by atoms with van der Waals surface area (Å²) < 4.78 is 52.2. The minimum Gasteiger partial charge on any atom is -0.326 e. The van der Waals surface area contributed by atoms with Gasteiger partial charge < -0.3 is 10.6 Å². The Morgan fingerprint density at radius 3 is 2.51 bits per heavy atom. The molecular formula is C24H17F4N5O2. The van der Waals surface area contributed by atoms with Gasteiger partial charge in [-0.25, -0.2) is 4.39 Å². The van der Waals surface area contributed by atoms with E-state index in [2.05, 4.69) is 20.5 Å². The highest BCUT2D eigenvalue weighted by atomic mass is 19.4. The second-order valence-electron chi connectivity index (χ2n) is 7.42. The average Bonchev–Trinajstić information content (AvgIpc) is 3.21. The molecule has 0 aliphatic heterocycles. The van der Waals surface area contributed by atoms with Crippen LogP contribution in [0.3, 0.4) is 0 Å². The molecule has 0 unspecified atom stereocenters. The van der Waals surface area contributed by atoms with Crippen LogP contribution in [0.1, 0.15) is 23.4 Å². The zero-order chi connectivity index (χ0) is 25.0.